The Morgan fingerprint density at radius 2 is 1.74 bits per heavy atom. The van der Waals surface area contributed by atoms with Crippen LogP contribution in [0.5, 0.6) is 5.75 Å². The van der Waals surface area contributed by atoms with Gasteiger partial charge in [-0.05, 0) is 56.2 Å². The molecule has 0 aromatic heterocycles. The maximum absolute atomic E-state index is 12.0. The van der Waals surface area contributed by atoms with E-state index in [4.69, 9.17) is 0 Å². The van der Waals surface area contributed by atoms with Crippen LogP contribution in [-0.2, 0) is 6.42 Å². The van der Waals surface area contributed by atoms with Gasteiger partial charge in [-0.2, -0.15) is 0 Å². The molecule has 1 aromatic carbocycles. The molecule has 0 fully saturated rings. The maximum Gasteiger partial charge on any atom is 0.573 e. The number of halogens is 3. The van der Waals surface area contributed by atoms with E-state index in [1.807, 2.05) is 0 Å². The summed E-state index contributed by atoms with van der Waals surface area (Å²) in [5, 5.41) is 0. The van der Waals surface area contributed by atoms with E-state index < -0.39 is 6.36 Å². The molecule has 0 unspecified atom stereocenters. The fourth-order valence-corrected chi connectivity index (χ4v) is 2.29. The van der Waals surface area contributed by atoms with Gasteiger partial charge in [-0.15, -0.1) is 13.2 Å². The van der Waals surface area contributed by atoms with Crippen LogP contribution in [0.15, 0.2) is 35.9 Å². The van der Waals surface area contributed by atoms with Gasteiger partial charge in [0, 0.05) is 0 Å². The van der Waals surface area contributed by atoms with Crippen LogP contribution in [0, 0.1) is 0 Å². The van der Waals surface area contributed by atoms with Gasteiger partial charge in [-0.25, -0.2) is 0 Å². The molecule has 0 saturated heterocycles. The van der Waals surface area contributed by atoms with Crippen LogP contribution in [-0.4, -0.2) is 6.36 Å². The summed E-state index contributed by atoms with van der Waals surface area (Å²) in [6.45, 7) is 0. The third-order valence-corrected chi connectivity index (χ3v) is 3.28. The number of rotatable bonds is 4. The lowest BCUT2D eigenvalue weighted by Gasteiger charge is -2.13. The second kappa shape index (κ2) is 6.13. The number of hydrogen-bond donors (Lipinski definition) is 0. The molecule has 104 valence electrons. The lowest BCUT2D eigenvalue weighted by atomic mass is 9.94. The van der Waals surface area contributed by atoms with Gasteiger partial charge in [0.05, 0.1) is 0 Å². The van der Waals surface area contributed by atoms with E-state index in [0.29, 0.717) is 0 Å². The van der Waals surface area contributed by atoms with Crippen molar-refractivity contribution in [3.05, 3.63) is 41.5 Å². The van der Waals surface area contributed by atoms with Crippen LogP contribution in [0.2, 0.25) is 0 Å². The Kier molecular flexibility index (Phi) is 4.51. The molecule has 1 aliphatic carbocycles. The smallest absolute Gasteiger partial charge is 0.406 e. The predicted octanol–water partition coefficient (Wildman–Crippen LogP) is 5.02. The van der Waals surface area contributed by atoms with Crippen molar-refractivity contribution in [1.29, 1.82) is 0 Å². The van der Waals surface area contributed by atoms with Crippen molar-refractivity contribution in [3.8, 4) is 5.75 Å². The molecular weight excluding hydrogens is 253 g/mol. The molecule has 0 radical (unpaired) electrons. The van der Waals surface area contributed by atoms with Crippen LogP contribution >= 0.6 is 0 Å². The van der Waals surface area contributed by atoms with Gasteiger partial charge in [-0.3, -0.25) is 0 Å². The molecule has 0 amide bonds. The van der Waals surface area contributed by atoms with E-state index in [-0.39, 0.29) is 5.75 Å². The highest BCUT2D eigenvalue weighted by Crippen LogP contribution is 2.25. The molecular formula is C15H17F3O. The van der Waals surface area contributed by atoms with Crippen LogP contribution in [0.25, 0.3) is 0 Å². The monoisotopic (exact) mass is 270 g/mol. The first-order valence-electron chi connectivity index (χ1n) is 6.55. The molecule has 0 aliphatic heterocycles. The van der Waals surface area contributed by atoms with E-state index in [2.05, 4.69) is 10.8 Å². The zero-order valence-corrected chi connectivity index (χ0v) is 10.7. The molecule has 0 saturated carbocycles. The molecule has 0 spiro atoms. The second-order valence-corrected chi connectivity index (χ2v) is 4.80. The predicted molar refractivity (Wildman–Crippen MR) is 68.0 cm³/mol. The molecule has 4 heteroatoms. The average Bonchev–Trinajstić information content (AvgIpc) is 2.37. The van der Waals surface area contributed by atoms with Gasteiger partial charge in [0.1, 0.15) is 5.75 Å². The van der Waals surface area contributed by atoms with Crippen LogP contribution in [0.1, 0.15) is 37.7 Å². The Bertz CT molecular complexity index is 432. The molecule has 0 atom stereocenters. The van der Waals surface area contributed by atoms with Gasteiger partial charge in [0.2, 0.25) is 0 Å². The van der Waals surface area contributed by atoms with Crippen molar-refractivity contribution in [2.24, 2.45) is 0 Å². The highest BCUT2D eigenvalue weighted by atomic mass is 19.4. The fourth-order valence-electron chi connectivity index (χ4n) is 2.29. The molecule has 0 bridgehead atoms. The molecule has 1 aliphatic rings. The molecule has 1 aromatic rings. The van der Waals surface area contributed by atoms with Crippen LogP contribution in [0.3, 0.4) is 0 Å². The zero-order valence-electron chi connectivity index (χ0n) is 10.7. The van der Waals surface area contributed by atoms with E-state index in [0.717, 1.165) is 31.2 Å². The summed E-state index contributed by atoms with van der Waals surface area (Å²) in [6.07, 6.45) is 4.40. The summed E-state index contributed by atoms with van der Waals surface area (Å²) in [5.41, 5.74) is 2.52. The SMILES string of the molecule is FC(F)(F)Oc1ccc(CCC2=CCCCC2)cc1. The van der Waals surface area contributed by atoms with Gasteiger partial charge in [0.15, 0.2) is 0 Å². The summed E-state index contributed by atoms with van der Waals surface area (Å²) >= 11 is 0. The highest BCUT2D eigenvalue weighted by molar-refractivity contribution is 5.28. The van der Waals surface area contributed by atoms with Gasteiger partial charge in [-0.1, -0.05) is 23.8 Å². The number of hydrogen-bond acceptors (Lipinski definition) is 1. The number of allylic oxidation sites excluding steroid dienone is 2. The number of aryl methyl sites for hydroxylation is 1. The average molecular weight is 270 g/mol. The molecule has 2 rings (SSSR count). The number of alkyl halides is 3. The summed E-state index contributed by atoms with van der Waals surface area (Å²) in [5.74, 6) is -0.159. The minimum absolute atomic E-state index is 0.159. The van der Waals surface area contributed by atoms with Gasteiger partial charge < -0.3 is 4.74 Å². The van der Waals surface area contributed by atoms with E-state index in [1.54, 1.807) is 12.1 Å². The Labute approximate surface area is 111 Å². The first-order valence-corrected chi connectivity index (χ1v) is 6.55. The zero-order chi connectivity index (χ0) is 13.7. The summed E-state index contributed by atoms with van der Waals surface area (Å²) in [4.78, 5) is 0. The Balaban J connectivity index is 1.86. The summed E-state index contributed by atoms with van der Waals surface area (Å²) in [7, 11) is 0. The van der Waals surface area contributed by atoms with Crippen molar-refractivity contribution in [3.63, 3.8) is 0 Å². The largest absolute Gasteiger partial charge is 0.573 e. The molecule has 19 heavy (non-hydrogen) atoms. The summed E-state index contributed by atoms with van der Waals surface area (Å²) in [6, 6.07) is 6.14. The number of benzene rings is 1. The summed E-state index contributed by atoms with van der Waals surface area (Å²) < 4.78 is 39.8. The van der Waals surface area contributed by atoms with Crippen molar-refractivity contribution in [1.82, 2.24) is 0 Å². The topological polar surface area (TPSA) is 9.23 Å². The standard InChI is InChI=1S/C15H17F3O/c16-15(17,18)19-14-10-8-13(9-11-14)7-6-12-4-2-1-3-5-12/h4,8-11H,1-3,5-7H2. The Morgan fingerprint density at radius 3 is 2.32 bits per heavy atom. The minimum Gasteiger partial charge on any atom is -0.406 e. The molecule has 0 N–H and O–H groups in total. The third kappa shape index (κ3) is 4.97. The van der Waals surface area contributed by atoms with Crippen molar-refractivity contribution in [2.75, 3.05) is 0 Å². The minimum atomic E-state index is -4.62. The maximum atomic E-state index is 12.0. The first kappa shape index (κ1) is 14.0. The van der Waals surface area contributed by atoms with Crippen molar-refractivity contribution >= 4 is 0 Å². The van der Waals surface area contributed by atoms with E-state index in [1.165, 1.54) is 30.5 Å². The quantitative estimate of drug-likeness (QED) is 0.698. The highest BCUT2D eigenvalue weighted by Gasteiger charge is 2.30. The third-order valence-electron chi connectivity index (χ3n) is 3.28. The van der Waals surface area contributed by atoms with E-state index >= 15 is 0 Å². The molecule has 1 nitrogen and oxygen atoms in total. The van der Waals surface area contributed by atoms with Crippen LogP contribution < -0.4 is 4.74 Å². The first-order chi connectivity index (χ1) is 9.03. The van der Waals surface area contributed by atoms with Crippen molar-refractivity contribution in [2.45, 2.75) is 44.9 Å². The second-order valence-electron chi connectivity index (χ2n) is 4.80. The Hall–Kier alpha value is -1.45. The van der Waals surface area contributed by atoms with Crippen molar-refractivity contribution < 1.29 is 17.9 Å². The van der Waals surface area contributed by atoms with Gasteiger partial charge >= 0.3 is 6.36 Å². The normalized spacial score (nSPS) is 16.1. The lowest BCUT2D eigenvalue weighted by Crippen LogP contribution is -2.17. The van der Waals surface area contributed by atoms with Crippen LogP contribution in [0.4, 0.5) is 13.2 Å². The van der Waals surface area contributed by atoms with E-state index in [9.17, 15) is 13.2 Å². The lowest BCUT2D eigenvalue weighted by molar-refractivity contribution is -0.274. The fraction of sp³-hybridized carbons (Fsp3) is 0.467. The van der Waals surface area contributed by atoms with Gasteiger partial charge in [0.25, 0.3) is 0 Å². The number of ether oxygens (including phenoxy) is 1. The Morgan fingerprint density at radius 1 is 1.00 bits per heavy atom. The molecule has 0 heterocycles.